The van der Waals surface area contributed by atoms with Crippen molar-refractivity contribution in [2.24, 2.45) is 0 Å². The Morgan fingerprint density at radius 3 is 2.84 bits per heavy atom. The third kappa shape index (κ3) is 2.22. The molecular weight excluding hydrogens is 236 g/mol. The Labute approximate surface area is 110 Å². The van der Waals surface area contributed by atoms with Crippen LogP contribution in [0.5, 0.6) is 0 Å². The molecule has 1 aromatic carbocycles. The molecule has 2 heterocycles. The van der Waals surface area contributed by atoms with Crippen LogP contribution < -0.4 is 5.32 Å². The molecule has 0 fully saturated rings. The zero-order valence-electron chi connectivity index (χ0n) is 10.0. The van der Waals surface area contributed by atoms with E-state index in [0.717, 1.165) is 16.6 Å². The Morgan fingerprint density at radius 1 is 1.00 bits per heavy atom. The standard InChI is InChI=1S/C15H10N4/c16-10-11-6-8-18-15(9-11)19-14-5-1-4-13-12(14)3-2-7-17-13/h1-9H,(H,18,19). The number of fused-ring (bicyclic) bond motifs is 1. The normalized spacial score (nSPS) is 10.1. The zero-order valence-corrected chi connectivity index (χ0v) is 10.0. The maximum absolute atomic E-state index is 8.88. The average molecular weight is 246 g/mol. The van der Waals surface area contributed by atoms with Crippen LogP contribution in [0.25, 0.3) is 10.9 Å². The van der Waals surface area contributed by atoms with Gasteiger partial charge in [0.05, 0.1) is 17.1 Å². The Bertz CT molecular complexity index is 769. The lowest BCUT2D eigenvalue weighted by Crippen LogP contribution is -1.95. The van der Waals surface area contributed by atoms with Crippen molar-refractivity contribution in [3.8, 4) is 6.07 Å². The highest BCUT2D eigenvalue weighted by molar-refractivity contribution is 5.92. The van der Waals surface area contributed by atoms with Gasteiger partial charge in [0, 0.05) is 23.5 Å². The first-order chi connectivity index (χ1) is 9.36. The number of aromatic nitrogens is 2. The van der Waals surface area contributed by atoms with Gasteiger partial charge >= 0.3 is 0 Å². The number of nitrogens with zero attached hydrogens (tertiary/aromatic N) is 3. The van der Waals surface area contributed by atoms with Crippen molar-refractivity contribution >= 4 is 22.4 Å². The van der Waals surface area contributed by atoms with Crippen LogP contribution in [0.4, 0.5) is 11.5 Å². The fourth-order valence-electron chi connectivity index (χ4n) is 1.92. The molecule has 0 saturated heterocycles. The Morgan fingerprint density at radius 2 is 1.95 bits per heavy atom. The van der Waals surface area contributed by atoms with Crippen LogP contribution in [0, 0.1) is 11.3 Å². The lowest BCUT2D eigenvalue weighted by molar-refractivity contribution is 1.29. The predicted octanol–water partition coefficient (Wildman–Crippen LogP) is 3.25. The van der Waals surface area contributed by atoms with Crippen molar-refractivity contribution in [3.05, 3.63) is 60.4 Å². The van der Waals surface area contributed by atoms with E-state index in [9.17, 15) is 0 Å². The first-order valence-corrected chi connectivity index (χ1v) is 5.84. The number of nitrogens with one attached hydrogen (secondary N) is 1. The van der Waals surface area contributed by atoms with E-state index in [1.54, 1.807) is 24.5 Å². The number of anilines is 2. The fraction of sp³-hybridized carbons (Fsp3) is 0. The molecule has 0 unspecified atom stereocenters. The Kier molecular flexibility index (Phi) is 2.79. The minimum absolute atomic E-state index is 0.580. The van der Waals surface area contributed by atoms with E-state index in [4.69, 9.17) is 5.26 Å². The molecule has 4 nitrogen and oxygen atoms in total. The highest BCUT2D eigenvalue weighted by Gasteiger charge is 2.02. The summed E-state index contributed by atoms with van der Waals surface area (Å²) in [7, 11) is 0. The molecule has 0 atom stereocenters. The summed E-state index contributed by atoms with van der Waals surface area (Å²) in [6.07, 6.45) is 3.38. The van der Waals surface area contributed by atoms with E-state index in [1.165, 1.54) is 0 Å². The number of benzene rings is 1. The maximum Gasteiger partial charge on any atom is 0.131 e. The van der Waals surface area contributed by atoms with Gasteiger partial charge in [0.2, 0.25) is 0 Å². The molecule has 0 radical (unpaired) electrons. The van der Waals surface area contributed by atoms with Gasteiger partial charge in [0.25, 0.3) is 0 Å². The monoisotopic (exact) mass is 246 g/mol. The van der Waals surface area contributed by atoms with Crippen molar-refractivity contribution in [1.82, 2.24) is 9.97 Å². The van der Waals surface area contributed by atoms with Crippen molar-refractivity contribution in [3.63, 3.8) is 0 Å². The minimum Gasteiger partial charge on any atom is -0.340 e. The smallest absolute Gasteiger partial charge is 0.131 e. The molecule has 3 aromatic rings. The van der Waals surface area contributed by atoms with Crippen LogP contribution in [0.15, 0.2) is 54.9 Å². The van der Waals surface area contributed by atoms with Crippen LogP contribution in [-0.4, -0.2) is 9.97 Å². The second kappa shape index (κ2) is 4.75. The zero-order chi connectivity index (χ0) is 13.1. The second-order valence-electron chi connectivity index (χ2n) is 4.04. The molecule has 19 heavy (non-hydrogen) atoms. The lowest BCUT2D eigenvalue weighted by atomic mass is 10.2. The molecule has 0 aliphatic rings. The molecule has 2 aromatic heterocycles. The van der Waals surface area contributed by atoms with E-state index in [1.807, 2.05) is 30.3 Å². The van der Waals surface area contributed by atoms with E-state index >= 15 is 0 Å². The average Bonchev–Trinajstić information content (AvgIpc) is 2.48. The number of pyridine rings is 2. The first-order valence-electron chi connectivity index (χ1n) is 5.84. The molecule has 0 aliphatic heterocycles. The van der Waals surface area contributed by atoms with Crippen LogP contribution in [0.3, 0.4) is 0 Å². The van der Waals surface area contributed by atoms with Gasteiger partial charge < -0.3 is 5.32 Å². The van der Waals surface area contributed by atoms with Gasteiger partial charge in [-0.2, -0.15) is 5.26 Å². The highest BCUT2D eigenvalue weighted by atomic mass is 15.0. The summed E-state index contributed by atoms with van der Waals surface area (Å²) < 4.78 is 0. The Hall–Kier alpha value is -2.93. The maximum atomic E-state index is 8.88. The predicted molar refractivity (Wildman–Crippen MR) is 74.0 cm³/mol. The Balaban J connectivity index is 2.04. The van der Waals surface area contributed by atoms with Gasteiger partial charge in [-0.15, -0.1) is 0 Å². The largest absolute Gasteiger partial charge is 0.340 e. The van der Waals surface area contributed by atoms with Crippen molar-refractivity contribution < 1.29 is 0 Å². The summed E-state index contributed by atoms with van der Waals surface area (Å²) in [5.74, 6) is 0.649. The van der Waals surface area contributed by atoms with Gasteiger partial charge in [-0.05, 0) is 36.4 Å². The van der Waals surface area contributed by atoms with Gasteiger partial charge in [-0.3, -0.25) is 4.98 Å². The van der Waals surface area contributed by atoms with Crippen molar-refractivity contribution in [2.45, 2.75) is 0 Å². The number of hydrogen-bond acceptors (Lipinski definition) is 4. The highest BCUT2D eigenvalue weighted by Crippen LogP contribution is 2.24. The van der Waals surface area contributed by atoms with Crippen molar-refractivity contribution in [2.75, 3.05) is 5.32 Å². The molecule has 0 saturated carbocycles. The lowest BCUT2D eigenvalue weighted by Gasteiger charge is -2.08. The molecule has 3 rings (SSSR count). The summed E-state index contributed by atoms with van der Waals surface area (Å²) in [6, 6.07) is 15.2. The number of nitriles is 1. The molecule has 0 amide bonds. The SMILES string of the molecule is N#Cc1ccnc(Nc2cccc3ncccc23)c1. The summed E-state index contributed by atoms with van der Waals surface area (Å²) in [5.41, 5.74) is 2.42. The molecule has 1 N–H and O–H groups in total. The summed E-state index contributed by atoms with van der Waals surface area (Å²) in [5, 5.41) is 13.1. The summed E-state index contributed by atoms with van der Waals surface area (Å²) in [6.45, 7) is 0. The van der Waals surface area contributed by atoms with Gasteiger partial charge in [0.1, 0.15) is 5.82 Å². The van der Waals surface area contributed by atoms with Crippen LogP contribution in [-0.2, 0) is 0 Å². The van der Waals surface area contributed by atoms with Crippen LogP contribution >= 0.6 is 0 Å². The molecule has 0 aliphatic carbocycles. The summed E-state index contributed by atoms with van der Waals surface area (Å²) in [4.78, 5) is 8.51. The van der Waals surface area contributed by atoms with Gasteiger partial charge in [0.15, 0.2) is 0 Å². The fourth-order valence-corrected chi connectivity index (χ4v) is 1.92. The molecular formula is C15H10N4. The molecule has 0 bridgehead atoms. The minimum atomic E-state index is 0.580. The quantitative estimate of drug-likeness (QED) is 0.754. The van der Waals surface area contributed by atoms with Gasteiger partial charge in [-0.1, -0.05) is 6.07 Å². The van der Waals surface area contributed by atoms with E-state index in [2.05, 4.69) is 21.4 Å². The number of hydrogen-bond donors (Lipinski definition) is 1. The molecule has 90 valence electrons. The first kappa shape index (κ1) is 11.2. The van der Waals surface area contributed by atoms with Gasteiger partial charge in [-0.25, -0.2) is 4.98 Å². The third-order valence-electron chi connectivity index (χ3n) is 2.80. The topological polar surface area (TPSA) is 61.6 Å². The van der Waals surface area contributed by atoms with Crippen LogP contribution in [0.1, 0.15) is 5.56 Å². The van der Waals surface area contributed by atoms with Crippen LogP contribution in [0.2, 0.25) is 0 Å². The van der Waals surface area contributed by atoms with E-state index in [-0.39, 0.29) is 0 Å². The molecule has 0 spiro atoms. The van der Waals surface area contributed by atoms with E-state index in [0.29, 0.717) is 11.4 Å². The third-order valence-corrected chi connectivity index (χ3v) is 2.80. The molecule has 4 heteroatoms. The summed E-state index contributed by atoms with van der Waals surface area (Å²) >= 11 is 0. The van der Waals surface area contributed by atoms with E-state index < -0.39 is 0 Å². The van der Waals surface area contributed by atoms with Crippen molar-refractivity contribution in [1.29, 1.82) is 5.26 Å². The second-order valence-corrected chi connectivity index (χ2v) is 4.04. The number of rotatable bonds is 2.